The lowest BCUT2D eigenvalue weighted by molar-refractivity contribution is -0.132. The zero-order valence-corrected chi connectivity index (χ0v) is 12.2. The molecule has 1 amide bonds. The second kappa shape index (κ2) is 6.92. The second-order valence-electron chi connectivity index (χ2n) is 5.03. The highest BCUT2D eigenvalue weighted by atomic mass is 35.5. The first-order chi connectivity index (χ1) is 9.19. The molecule has 0 unspecified atom stereocenters. The van der Waals surface area contributed by atoms with Crippen LogP contribution in [0.15, 0.2) is 24.3 Å². The molecular formula is C15H21ClN2O. The third-order valence-corrected chi connectivity index (χ3v) is 3.79. The molecule has 0 aliphatic carbocycles. The number of halogens is 1. The van der Waals surface area contributed by atoms with E-state index < -0.39 is 0 Å². The van der Waals surface area contributed by atoms with Crippen molar-refractivity contribution >= 4 is 17.5 Å². The number of nitrogens with zero attached hydrogens (tertiary/aromatic N) is 2. The van der Waals surface area contributed by atoms with Crippen molar-refractivity contribution in [1.29, 1.82) is 0 Å². The van der Waals surface area contributed by atoms with Crippen molar-refractivity contribution in [3.8, 4) is 0 Å². The third kappa shape index (κ3) is 4.22. The van der Waals surface area contributed by atoms with Gasteiger partial charge in [0.25, 0.3) is 0 Å². The molecule has 4 heteroatoms. The highest BCUT2D eigenvalue weighted by molar-refractivity contribution is 6.30. The van der Waals surface area contributed by atoms with E-state index in [1.807, 2.05) is 29.2 Å². The van der Waals surface area contributed by atoms with Crippen LogP contribution >= 0.6 is 11.6 Å². The minimum Gasteiger partial charge on any atom is -0.340 e. The number of amides is 1. The maximum Gasteiger partial charge on any atom is 0.227 e. The van der Waals surface area contributed by atoms with Crippen LogP contribution < -0.4 is 0 Å². The number of piperazine rings is 1. The topological polar surface area (TPSA) is 23.6 Å². The highest BCUT2D eigenvalue weighted by Gasteiger charge is 2.20. The van der Waals surface area contributed by atoms with Gasteiger partial charge in [-0.3, -0.25) is 9.69 Å². The van der Waals surface area contributed by atoms with Crippen molar-refractivity contribution in [2.75, 3.05) is 32.7 Å². The van der Waals surface area contributed by atoms with E-state index >= 15 is 0 Å². The Morgan fingerprint density at radius 2 is 1.79 bits per heavy atom. The first-order valence-corrected chi connectivity index (χ1v) is 7.31. The van der Waals surface area contributed by atoms with Gasteiger partial charge in [0.2, 0.25) is 5.91 Å². The Kier molecular flexibility index (Phi) is 5.23. The fourth-order valence-electron chi connectivity index (χ4n) is 2.43. The number of carbonyl (C=O) groups excluding carboxylic acids is 1. The molecule has 1 aromatic rings. The normalized spacial score (nSPS) is 16.6. The molecule has 0 radical (unpaired) electrons. The summed E-state index contributed by atoms with van der Waals surface area (Å²) in [5.74, 6) is 0.221. The van der Waals surface area contributed by atoms with Gasteiger partial charge >= 0.3 is 0 Å². The average Bonchev–Trinajstić information content (AvgIpc) is 2.42. The Balaban J connectivity index is 1.83. The first kappa shape index (κ1) is 14.4. The lowest BCUT2D eigenvalue weighted by Crippen LogP contribution is -2.49. The third-order valence-electron chi connectivity index (χ3n) is 3.53. The summed E-state index contributed by atoms with van der Waals surface area (Å²) in [5.41, 5.74) is 1.03. The van der Waals surface area contributed by atoms with Crippen LogP contribution in [0, 0.1) is 0 Å². The molecule has 1 aliphatic heterocycles. The minimum absolute atomic E-state index is 0.221. The molecule has 0 aromatic heterocycles. The average molecular weight is 281 g/mol. The Hall–Kier alpha value is -1.06. The van der Waals surface area contributed by atoms with Gasteiger partial charge in [0.15, 0.2) is 0 Å². The number of carbonyl (C=O) groups is 1. The van der Waals surface area contributed by atoms with Gasteiger partial charge in [0.05, 0.1) is 6.42 Å². The maximum absolute atomic E-state index is 12.2. The van der Waals surface area contributed by atoms with E-state index in [1.165, 1.54) is 6.42 Å². The number of benzene rings is 1. The van der Waals surface area contributed by atoms with Gasteiger partial charge in [-0.05, 0) is 30.7 Å². The van der Waals surface area contributed by atoms with Crippen LogP contribution in [0.3, 0.4) is 0 Å². The van der Waals surface area contributed by atoms with Crippen LogP contribution in [0.4, 0.5) is 0 Å². The molecular weight excluding hydrogens is 260 g/mol. The summed E-state index contributed by atoms with van der Waals surface area (Å²) in [6.45, 7) is 7.04. The summed E-state index contributed by atoms with van der Waals surface area (Å²) in [4.78, 5) is 16.6. The van der Waals surface area contributed by atoms with E-state index in [0.717, 1.165) is 38.3 Å². The van der Waals surface area contributed by atoms with Crippen LogP contribution in [0.5, 0.6) is 0 Å². The lowest BCUT2D eigenvalue weighted by Gasteiger charge is -2.34. The van der Waals surface area contributed by atoms with Gasteiger partial charge in [-0.15, -0.1) is 0 Å². The number of hydrogen-bond acceptors (Lipinski definition) is 2. The molecule has 1 fully saturated rings. The molecule has 0 bridgehead atoms. The quantitative estimate of drug-likeness (QED) is 0.846. The monoisotopic (exact) mass is 280 g/mol. The Morgan fingerprint density at radius 1 is 1.16 bits per heavy atom. The van der Waals surface area contributed by atoms with E-state index in [1.54, 1.807) is 0 Å². The molecule has 3 nitrogen and oxygen atoms in total. The molecule has 0 spiro atoms. The summed E-state index contributed by atoms with van der Waals surface area (Å²) in [7, 11) is 0. The predicted octanol–water partition coefficient (Wildman–Crippen LogP) is 2.44. The van der Waals surface area contributed by atoms with Gasteiger partial charge in [-0.25, -0.2) is 0 Å². The van der Waals surface area contributed by atoms with Crippen molar-refractivity contribution < 1.29 is 4.79 Å². The smallest absolute Gasteiger partial charge is 0.227 e. The largest absolute Gasteiger partial charge is 0.340 e. The fraction of sp³-hybridized carbons (Fsp3) is 0.533. The molecule has 1 saturated heterocycles. The molecule has 2 rings (SSSR count). The summed E-state index contributed by atoms with van der Waals surface area (Å²) in [6.07, 6.45) is 1.66. The Labute approximate surface area is 120 Å². The maximum atomic E-state index is 12.2. The van der Waals surface area contributed by atoms with Crippen molar-refractivity contribution in [3.05, 3.63) is 34.9 Å². The van der Waals surface area contributed by atoms with E-state index in [0.29, 0.717) is 11.4 Å². The van der Waals surface area contributed by atoms with E-state index in [4.69, 9.17) is 11.6 Å². The molecule has 1 aliphatic rings. The van der Waals surface area contributed by atoms with Gasteiger partial charge in [0, 0.05) is 31.2 Å². The summed E-state index contributed by atoms with van der Waals surface area (Å²) >= 11 is 5.84. The summed E-state index contributed by atoms with van der Waals surface area (Å²) < 4.78 is 0. The first-order valence-electron chi connectivity index (χ1n) is 6.93. The van der Waals surface area contributed by atoms with Crippen molar-refractivity contribution in [2.45, 2.75) is 19.8 Å². The highest BCUT2D eigenvalue weighted by Crippen LogP contribution is 2.11. The minimum atomic E-state index is 0.221. The van der Waals surface area contributed by atoms with Crippen molar-refractivity contribution in [1.82, 2.24) is 9.80 Å². The van der Waals surface area contributed by atoms with Crippen LogP contribution in [0.25, 0.3) is 0 Å². The van der Waals surface area contributed by atoms with Gasteiger partial charge in [0.1, 0.15) is 0 Å². The lowest BCUT2D eigenvalue weighted by atomic mass is 10.1. The van der Waals surface area contributed by atoms with Crippen molar-refractivity contribution in [3.63, 3.8) is 0 Å². The van der Waals surface area contributed by atoms with Crippen LogP contribution in [-0.4, -0.2) is 48.4 Å². The molecule has 1 heterocycles. The van der Waals surface area contributed by atoms with Gasteiger partial charge < -0.3 is 4.90 Å². The molecule has 19 heavy (non-hydrogen) atoms. The molecule has 0 N–H and O–H groups in total. The second-order valence-corrected chi connectivity index (χ2v) is 5.46. The predicted molar refractivity (Wildman–Crippen MR) is 78.5 cm³/mol. The zero-order chi connectivity index (χ0) is 13.7. The van der Waals surface area contributed by atoms with E-state index in [2.05, 4.69) is 11.8 Å². The zero-order valence-electron chi connectivity index (χ0n) is 11.4. The van der Waals surface area contributed by atoms with Crippen LogP contribution in [0.2, 0.25) is 5.02 Å². The standard InChI is InChI=1S/C15H21ClN2O/c1-2-7-17-8-10-18(11-9-17)15(19)12-13-3-5-14(16)6-4-13/h3-6H,2,7-12H2,1H3. The van der Waals surface area contributed by atoms with Crippen LogP contribution in [0.1, 0.15) is 18.9 Å². The van der Waals surface area contributed by atoms with E-state index in [-0.39, 0.29) is 5.91 Å². The fourth-order valence-corrected chi connectivity index (χ4v) is 2.55. The van der Waals surface area contributed by atoms with Gasteiger partial charge in [-0.2, -0.15) is 0 Å². The molecule has 0 atom stereocenters. The molecule has 0 saturated carbocycles. The number of rotatable bonds is 4. The SMILES string of the molecule is CCCN1CCN(C(=O)Cc2ccc(Cl)cc2)CC1. The van der Waals surface area contributed by atoms with Crippen LogP contribution in [-0.2, 0) is 11.2 Å². The summed E-state index contributed by atoms with van der Waals surface area (Å²) in [6, 6.07) is 7.52. The molecule has 1 aromatic carbocycles. The summed E-state index contributed by atoms with van der Waals surface area (Å²) in [5, 5.41) is 0.712. The van der Waals surface area contributed by atoms with Gasteiger partial charge in [-0.1, -0.05) is 30.7 Å². The Bertz CT molecular complexity index is 411. The van der Waals surface area contributed by atoms with E-state index in [9.17, 15) is 4.79 Å². The number of hydrogen-bond donors (Lipinski definition) is 0. The molecule has 104 valence electrons. The van der Waals surface area contributed by atoms with Crippen molar-refractivity contribution in [2.24, 2.45) is 0 Å². The Morgan fingerprint density at radius 3 is 2.37 bits per heavy atom.